The number of nitrogens with one attached hydrogen (secondary N) is 1. The number of nitriles is 1. The van der Waals surface area contributed by atoms with Crippen LogP contribution in [0.2, 0.25) is 0 Å². The fraction of sp³-hybridized carbons (Fsp3) is 0.429. The van der Waals surface area contributed by atoms with Crippen molar-refractivity contribution in [1.29, 1.82) is 5.26 Å². The van der Waals surface area contributed by atoms with Crippen molar-refractivity contribution in [2.75, 3.05) is 5.73 Å². The second-order valence-electron chi connectivity index (χ2n) is 7.05. The predicted molar refractivity (Wildman–Crippen MR) is 97.5 cm³/mol. The van der Waals surface area contributed by atoms with Crippen LogP contribution in [0.5, 0.6) is 0 Å². The van der Waals surface area contributed by atoms with Crippen LogP contribution in [-0.2, 0) is 12.8 Å². The second kappa shape index (κ2) is 7.05. The average molecular weight is 320 g/mol. The van der Waals surface area contributed by atoms with E-state index in [0.717, 1.165) is 24.0 Å². The molecule has 0 atom stereocenters. The van der Waals surface area contributed by atoms with Gasteiger partial charge >= 0.3 is 0 Å². The lowest BCUT2D eigenvalue weighted by molar-refractivity contribution is -0.374. The molecule has 0 saturated carbocycles. The van der Waals surface area contributed by atoms with Crippen LogP contribution >= 0.6 is 0 Å². The molecule has 0 spiro atoms. The highest BCUT2D eigenvalue weighted by atomic mass is 14.9. The molecule has 0 unspecified atom stereocenters. The van der Waals surface area contributed by atoms with Crippen molar-refractivity contribution >= 4 is 5.82 Å². The summed E-state index contributed by atoms with van der Waals surface area (Å²) in [6, 6.07) is 11.0. The first kappa shape index (κ1) is 16.5. The Hall–Kier alpha value is -2.34. The zero-order valence-electron chi connectivity index (χ0n) is 14.7. The van der Waals surface area contributed by atoms with Crippen molar-refractivity contribution in [2.24, 2.45) is 0 Å². The summed E-state index contributed by atoms with van der Waals surface area (Å²) in [5.74, 6) is 1.00. The van der Waals surface area contributed by atoms with Gasteiger partial charge in [0.05, 0.1) is 0 Å². The molecule has 0 bridgehead atoms. The first-order valence-corrected chi connectivity index (χ1v) is 8.98. The largest absolute Gasteiger partial charge is 0.289 e. The van der Waals surface area contributed by atoms with E-state index in [4.69, 9.17) is 5.73 Å². The fourth-order valence-corrected chi connectivity index (χ4v) is 3.65. The number of nitrogens with zero attached hydrogens (tertiary/aromatic N) is 1. The summed E-state index contributed by atoms with van der Waals surface area (Å²) in [4.78, 5) is 3.31. The van der Waals surface area contributed by atoms with Gasteiger partial charge in [-0.25, -0.2) is 4.98 Å². The Labute approximate surface area is 144 Å². The number of hydrogen-bond donors (Lipinski definition) is 1. The third kappa shape index (κ3) is 3.14. The van der Waals surface area contributed by atoms with Crippen LogP contribution < -0.4 is 10.7 Å². The van der Waals surface area contributed by atoms with Gasteiger partial charge in [0.25, 0.3) is 5.82 Å². The van der Waals surface area contributed by atoms with Crippen LogP contribution in [0.15, 0.2) is 24.3 Å². The molecular formula is C21H26N3+. The van der Waals surface area contributed by atoms with Crippen LogP contribution in [0.3, 0.4) is 0 Å². The SMILES string of the molecule is CC(C)c1ccc(-c2c(C#N)c(N)[nH+]c3c2CCCCCC3)cc1. The van der Waals surface area contributed by atoms with Gasteiger partial charge in [-0.1, -0.05) is 51.0 Å². The molecule has 0 amide bonds. The minimum absolute atomic E-state index is 0.500. The van der Waals surface area contributed by atoms with Crippen LogP contribution in [0.25, 0.3) is 11.1 Å². The van der Waals surface area contributed by atoms with Crippen LogP contribution in [0, 0.1) is 11.3 Å². The van der Waals surface area contributed by atoms with E-state index >= 15 is 0 Å². The van der Waals surface area contributed by atoms with E-state index < -0.39 is 0 Å². The molecule has 1 heterocycles. The molecule has 3 rings (SSSR count). The molecule has 0 radical (unpaired) electrons. The Balaban J connectivity index is 2.19. The minimum Gasteiger partial charge on any atom is -0.286 e. The first-order chi connectivity index (χ1) is 11.6. The van der Waals surface area contributed by atoms with Crippen LogP contribution in [0.1, 0.15) is 67.8 Å². The highest BCUT2D eigenvalue weighted by molar-refractivity contribution is 5.77. The van der Waals surface area contributed by atoms with Gasteiger partial charge in [0.15, 0.2) is 0 Å². The molecule has 0 fully saturated rings. The highest BCUT2D eigenvalue weighted by Gasteiger charge is 2.23. The molecule has 1 aliphatic rings. The molecule has 1 aromatic heterocycles. The zero-order chi connectivity index (χ0) is 17.1. The Kier molecular flexibility index (Phi) is 4.85. The monoisotopic (exact) mass is 320 g/mol. The normalized spacial score (nSPS) is 14.6. The third-order valence-corrected chi connectivity index (χ3v) is 5.05. The molecule has 2 aromatic rings. The minimum atomic E-state index is 0.500. The van der Waals surface area contributed by atoms with E-state index in [1.165, 1.54) is 42.5 Å². The Morgan fingerprint density at radius 2 is 1.71 bits per heavy atom. The third-order valence-electron chi connectivity index (χ3n) is 5.05. The lowest BCUT2D eigenvalue weighted by atomic mass is 9.87. The number of aryl methyl sites for hydroxylation is 1. The molecular weight excluding hydrogens is 294 g/mol. The molecule has 3 N–H and O–H groups in total. The van der Waals surface area contributed by atoms with E-state index in [9.17, 15) is 5.26 Å². The standard InChI is InChI=1S/C21H25N3/c1-14(2)15-9-11-16(12-10-15)20-17-7-5-3-4-6-8-19(17)24-21(23)18(20)13-22/h9-12,14H,3-8H2,1-2H3,(H2,23,24)/p+1. The molecule has 0 aliphatic heterocycles. The quantitative estimate of drug-likeness (QED) is 0.891. The summed E-state index contributed by atoms with van der Waals surface area (Å²) in [7, 11) is 0. The smallest absolute Gasteiger partial charge is 0.286 e. The van der Waals surface area contributed by atoms with Crippen LogP contribution in [-0.4, -0.2) is 0 Å². The number of hydrogen-bond acceptors (Lipinski definition) is 2. The Bertz CT molecular complexity index is 767. The number of benzene rings is 1. The number of fused-ring (bicyclic) bond motifs is 1. The van der Waals surface area contributed by atoms with E-state index in [1.54, 1.807) is 0 Å². The maximum absolute atomic E-state index is 9.68. The van der Waals surface area contributed by atoms with Gasteiger partial charge in [0.2, 0.25) is 0 Å². The van der Waals surface area contributed by atoms with Crippen molar-refractivity contribution in [1.82, 2.24) is 0 Å². The maximum atomic E-state index is 9.68. The van der Waals surface area contributed by atoms with Gasteiger partial charge in [-0.3, -0.25) is 5.73 Å². The van der Waals surface area contributed by atoms with Gasteiger partial charge in [0.1, 0.15) is 17.3 Å². The van der Waals surface area contributed by atoms with Crippen molar-refractivity contribution < 1.29 is 4.98 Å². The molecule has 1 aromatic carbocycles. The molecule has 124 valence electrons. The number of nitrogen functional groups attached to an aromatic ring is 1. The number of anilines is 1. The number of nitrogens with two attached hydrogens (primary N) is 1. The summed E-state index contributed by atoms with van der Waals surface area (Å²) >= 11 is 0. The summed E-state index contributed by atoms with van der Waals surface area (Å²) in [5.41, 5.74) is 12.7. The van der Waals surface area contributed by atoms with Gasteiger partial charge in [-0.05, 0) is 36.3 Å². The van der Waals surface area contributed by atoms with Crippen molar-refractivity contribution in [3.63, 3.8) is 0 Å². The maximum Gasteiger partial charge on any atom is 0.289 e. The molecule has 3 nitrogen and oxygen atoms in total. The number of aromatic nitrogens is 1. The Morgan fingerprint density at radius 3 is 2.33 bits per heavy atom. The first-order valence-electron chi connectivity index (χ1n) is 8.98. The summed E-state index contributed by atoms with van der Waals surface area (Å²) in [5, 5.41) is 9.68. The summed E-state index contributed by atoms with van der Waals surface area (Å²) < 4.78 is 0. The van der Waals surface area contributed by atoms with Crippen molar-refractivity contribution in [3.8, 4) is 17.2 Å². The Morgan fingerprint density at radius 1 is 1.04 bits per heavy atom. The number of H-pyrrole nitrogens is 1. The van der Waals surface area contributed by atoms with Crippen molar-refractivity contribution in [2.45, 2.75) is 58.3 Å². The lowest BCUT2D eigenvalue weighted by Crippen LogP contribution is -2.23. The number of aromatic amines is 1. The summed E-state index contributed by atoms with van der Waals surface area (Å²) in [6.45, 7) is 4.39. The lowest BCUT2D eigenvalue weighted by Gasteiger charge is -2.18. The summed E-state index contributed by atoms with van der Waals surface area (Å²) in [6.07, 6.45) is 6.92. The number of rotatable bonds is 2. The van der Waals surface area contributed by atoms with Crippen molar-refractivity contribution in [3.05, 3.63) is 46.6 Å². The average Bonchev–Trinajstić information content (AvgIpc) is 2.56. The van der Waals surface area contributed by atoms with E-state index in [-0.39, 0.29) is 0 Å². The van der Waals surface area contributed by atoms with Gasteiger partial charge < -0.3 is 0 Å². The number of pyridine rings is 1. The topological polar surface area (TPSA) is 64.0 Å². The fourth-order valence-electron chi connectivity index (χ4n) is 3.65. The highest BCUT2D eigenvalue weighted by Crippen LogP contribution is 2.34. The predicted octanol–water partition coefficient (Wildman–Crippen LogP) is 4.40. The van der Waals surface area contributed by atoms with Gasteiger partial charge in [-0.15, -0.1) is 0 Å². The van der Waals surface area contributed by atoms with Gasteiger partial charge in [-0.2, -0.15) is 5.26 Å². The van der Waals surface area contributed by atoms with E-state index in [0.29, 0.717) is 17.3 Å². The van der Waals surface area contributed by atoms with Gasteiger partial charge in [0, 0.05) is 17.5 Å². The molecule has 0 saturated heterocycles. The zero-order valence-corrected chi connectivity index (χ0v) is 14.7. The van der Waals surface area contributed by atoms with E-state index in [1.807, 2.05) is 0 Å². The molecule has 24 heavy (non-hydrogen) atoms. The molecule has 1 aliphatic carbocycles. The van der Waals surface area contributed by atoms with E-state index in [2.05, 4.69) is 49.2 Å². The second-order valence-corrected chi connectivity index (χ2v) is 7.05. The molecule has 3 heteroatoms. The van der Waals surface area contributed by atoms with Crippen LogP contribution in [0.4, 0.5) is 5.82 Å².